The fraction of sp³-hybridized carbons (Fsp3) is 0.226. The number of ketones is 1. The van der Waals surface area contributed by atoms with Crippen LogP contribution in [0.4, 0.5) is 17.6 Å². The number of halogens is 4. The summed E-state index contributed by atoms with van der Waals surface area (Å²) in [5.74, 6) is -0.795. The van der Waals surface area contributed by atoms with E-state index < -0.39 is 41.5 Å². The number of nitrogens with zero attached hydrogens (tertiary/aromatic N) is 10. The fourth-order valence-corrected chi connectivity index (χ4v) is 13.7. The Morgan fingerprint density at radius 3 is 1.08 bits per heavy atom. The van der Waals surface area contributed by atoms with Crippen molar-refractivity contribution >= 4 is 61.7 Å². The van der Waals surface area contributed by atoms with Crippen LogP contribution in [0.25, 0.3) is 66.9 Å². The van der Waals surface area contributed by atoms with Gasteiger partial charge >= 0.3 is 13.2 Å². The molecule has 22 heteroatoms. The van der Waals surface area contributed by atoms with Gasteiger partial charge in [0.25, 0.3) is 11.8 Å². The fourth-order valence-electron chi connectivity index (χ4n) is 13.7. The second kappa shape index (κ2) is 29.9. The van der Waals surface area contributed by atoms with Crippen LogP contribution in [0.15, 0.2) is 243 Å². The third kappa shape index (κ3) is 14.6. The molecule has 18 nitrogen and oxygen atoms in total. The standard InChI is InChI=1S/C42H40F2N6O3.C42H38F2N6O3/c2*1-27(51)22-23-50-35-21-20-31(53-40(43)44)24-32(35)36(48-50)34-25-45-38-37(46-34)33(39(52)47-41(2,3)4)26-49(38)42(28-14-8-5-9-15-28,29-16-10-6-11-17-29)30-18-12-7-13-19-30/h5-21,24-27,40,51H,22-23H2,1-4H3,(H,47,52);5-21,24-26,40H,22-23H2,1-4H3,(H,47,52). The molecular formula is C84H78F4N12O6. The van der Waals surface area contributed by atoms with Gasteiger partial charge in [0.15, 0.2) is 11.3 Å². The van der Waals surface area contributed by atoms with Gasteiger partial charge in [-0.1, -0.05) is 182 Å². The van der Waals surface area contributed by atoms with E-state index in [4.69, 9.17) is 39.6 Å². The number of Topliss-reactive ketones (excluding diaryl/α,β-unsaturated/α-hetero) is 1. The molecule has 0 aliphatic carbocycles. The minimum atomic E-state index is -3.03. The Hall–Kier alpha value is -12.2. The predicted octanol–water partition coefficient (Wildman–Crippen LogP) is 16.6. The predicted molar refractivity (Wildman–Crippen MR) is 401 cm³/mol. The van der Waals surface area contributed by atoms with Crippen molar-refractivity contribution in [3.63, 3.8) is 0 Å². The van der Waals surface area contributed by atoms with Gasteiger partial charge in [-0.25, -0.2) is 19.9 Å². The number of carbonyl (C=O) groups excluding carboxylic acids is 3. The Morgan fingerprint density at radius 2 is 0.792 bits per heavy atom. The van der Waals surface area contributed by atoms with Crippen LogP contribution < -0.4 is 20.1 Å². The molecule has 1 atom stereocenters. The third-order valence-electron chi connectivity index (χ3n) is 18.1. The van der Waals surface area contributed by atoms with E-state index in [1.807, 2.05) is 166 Å². The first kappa shape index (κ1) is 72.2. The zero-order chi connectivity index (χ0) is 74.7. The molecule has 0 aliphatic heterocycles. The van der Waals surface area contributed by atoms with Gasteiger partial charge in [0.2, 0.25) is 0 Å². The average Bonchev–Trinajstić information content (AvgIpc) is 1.47. The highest BCUT2D eigenvalue weighted by Gasteiger charge is 2.43. The number of hydrogen-bond donors (Lipinski definition) is 3. The molecule has 6 heterocycles. The molecule has 0 radical (unpaired) electrons. The maximum absolute atomic E-state index is 14.3. The first-order valence-electron chi connectivity index (χ1n) is 34.8. The molecule has 0 aliphatic rings. The zero-order valence-corrected chi connectivity index (χ0v) is 59.6. The average molecular weight is 1430 g/mol. The summed E-state index contributed by atoms with van der Waals surface area (Å²) in [6.07, 6.45) is 6.84. The smallest absolute Gasteiger partial charge is 0.387 e. The van der Waals surface area contributed by atoms with Crippen LogP contribution in [0.2, 0.25) is 0 Å². The van der Waals surface area contributed by atoms with E-state index in [1.54, 1.807) is 47.0 Å². The van der Waals surface area contributed by atoms with E-state index in [0.29, 0.717) is 91.0 Å². The summed E-state index contributed by atoms with van der Waals surface area (Å²) in [5.41, 5.74) is 7.24. The summed E-state index contributed by atoms with van der Waals surface area (Å²) in [6.45, 7) is 9.22. The molecule has 2 amide bonds. The van der Waals surface area contributed by atoms with Gasteiger partial charge < -0.3 is 34.3 Å². The lowest BCUT2D eigenvalue weighted by molar-refractivity contribution is -0.117. The molecular weight excluding hydrogens is 1350 g/mol. The molecule has 106 heavy (non-hydrogen) atoms. The number of rotatable bonds is 22. The van der Waals surface area contributed by atoms with Gasteiger partial charge in [-0.3, -0.25) is 23.7 Å². The van der Waals surface area contributed by atoms with Crippen molar-refractivity contribution in [2.75, 3.05) is 0 Å². The van der Waals surface area contributed by atoms with Crippen LogP contribution in [0.1, 0.15) is 122 Å². The largest absolute Gasteiger partial charge is 0.435 e. The van der Waals surface area contributed by atoms with Crippen molar-refractivity contribution in [3.8, 4) is 34.3 Å². The number of alkyl halides is 4. The molecule has 1 unspecified atom stereocenters. The van der Waals surface area contributed by atoms with E-state index >= 15 is 0 Å². The van der Waals surface area contributed by atoms with E-state index in [-0.39, 0.29) is 42.1 Å². The lowest BCUT2D eigenvalue weighted by atomic mass is 9.76. The highest BCUT2D eigenvalue weighted by atomic mass is 19.3. The maximum Gasteiger partial charge on any atom is 0.387 e. The number of aliphatic hydroxyl groups excluding tert-OH is 1. The number of amides is 2. The van der Waals surface area contributed by atoms with Crippen LogP contribution >= 0.6 is 0 Å². The number of ether oxygens (including phenoxy) is 2. The van der Waals surface area contributed by atoms with Gasteiger partial charge in [-0.2, -0.15) is 27.8 Å². The van der Waals surface area contributed by atoms with Crippen LogP contribution in [-0.4, -0.2) is 102 Å². The summed E-state index contributed by atoms with van der Waals surface area (Å²) in [6, 6.07) is 69.5. The number of aliphatic hydroxyl groups is 1. The quantitative estimate of drug-likeness (QED) is 0.0427. The van der Waals surface area contributed by atoms with Gasteiger partial charge in [-0.05, 0) is 132 Å². The first-order chi connectivity index (χ1) is 50.9. The number of benzene rings is 8. The van der Waals surface area contributed by atoms with Crippen molar-refractivity contribution in [1.29, 1.82) is 0 Å². The molecule has 538 valence electrons. The number of hydrogen-bond acceptors (Lipinski definition) is 12. The van der Waals surface area contributed by atoms with Crippen LogP contribution in [0, 0.1) is 0 Å². The van der Waals surface area contributed by atoms with Crippen molar-refractivity contribution in [2.45, 2.75) is 123 Å². The molecule has 0 bridgehead atoms. The second-order valence-corrected chi connectivity index (χ2v) is 28.1. The van der Waals surface area contributed by atoms with Gasteiger partial charge in [0, 0.05) is 53.8 Å². The minimum Gasteiger partial charge on any atom is -0.435 e. The molecule has 6 aromatic heterocycles. The lowest BCUT2D eigenvalue weighted by Gasteiger charge is -2.38. The summed E-state index contributed by atoms with van der Waals surface area (Å²) >= 11 is 0. The molecule has 14 rings (SSSR count). The molecule has 8 aromatic carbocycles. The number of carbonyl (C=O) groups is 3. The van der Waals surface area contributed by atoms with Crippen LogP contribution in [0.3, 0.4) is 0 Å². The Balaban J connectivity index is 0.000000188. The summed E-state index contributed by atoms with van der Waals surface area (Å²) in [7, 11) is 0. The van der Waals surface area contributed by atoms with Crippen LogP contribution in [0.5, 0.6) is 11.5 Å². The molecule has 0 saturated heterocycles. The van der Waals surface area contributed by atoms with Crippen molar-refractivity contribution in [2.24, 2.45) is 0 Å². The van der Waals surface area contributed by atoms with Gasteiger partial charge in [0.05, 0.1) is 40.7 Å². The van der Waals surface area contributed by atoms with E-state index in [1.165, 1.54) is 31.2 Å². The molecule has 14 aromatic rings. The third-order valence-corrected chi connectivity index (χ3v) is 18.1. The lowest BCUT2D eigenvalue weighted by Crippen LogP contribution is -2.40. The topological polar surface area (TPSA) is 211 Å². The Morgan fingerprint density at radius 1 is 0.472 bits per heavy atom. The Kier molecular flexibility index (Phi) is 20.4. The highest BCUT2D eigenvalue weighted by Crippen LogP contribution is 2.46. The normalized spacial score (nSPS) is 12.4. The number of aryl methyl sites for hydroxylation is 2. The zero-order valence-electron chi connectivity index (χ0n) is 59.6. The summed E-state index contributed by atoms with van der Waals surface area (Å²) < 4.78 is 70.1. The number of fused-ring (bicyclic) bond motifs is 4. The van der Waals surface area contributed by atoms with Crippen molar-refractivity contribution < 1.29 is 46.5 Å². The molecule has 3 N–H and O–H groups in total. The minimum absolute atomic E-state index is 0.0244. The Bertz CT molecular complexity index is 5280. The van der Waals surface area contributed by atoms with Crippen molar-refractivity contribution in [3.05, 3.63) is 288 Å². The van der Waals surface area contributed by atoms with Crippen molar-refractivity contribution in [1.82, 2.24) is 59.3 Å². The monoisotopic (exact) mass is 1430 g/mol. The van der Waals surface area contributed by atoms with E-state index in [0.717, 1.165) is 33.4 Å². The summed E-state index contributed by atoms with van der Waals surface area (Å²) in [5, 5.41) is 26.9. The van der Waals surface area contributed by atoms with Crippen LogP contribution in [-0.2, 0) is 29.0 Å². The molecule has 0 saturated carbocycles. The maximum atomic E-state index is 14.3. The van der Waals surface area contributed by atoms with E-state index in [2.05, 4.69) is 83.4 Å². The second-order valence-electron chi connectivity index (χ2n) is 28.1. The molecule has 0 fully saturated rings. The highest BCUT2D eigenvalue weighted by molar-refractivity contribution is 6.07. The number of nitrogens with one attached hydrogen (secondary N) is 2. The van der Waals surface area contributed by atoms with Gasteiger partial charge in [0.1, 0.15) is 62.2 Å². The van der Waals surface area contributed by atoms with E-state index in [9.17, 15) is 37.1 Å². The SMILES string of the molecule is CC(=O)CCn1nc(-c2cnc3c(n2)c(C(=O)NC(C)(C)C)cn3C(c2ccccc2)(c2ccccc2)c2ccccc2)c2cc(OC(F)F)ccc21.CC(O)CCn1nc(-c2cnc3c(n2)c(C(=O)NC(C)(C)C)cn3C(c2ccccc2)(c2ccccc2)c2ccccc2)c2cc(OC(F)F)ccc21. The first-order valence-corrected chi connectivity index (χ1v) is 34.8. The van der Waals surface area contributed by atoms with Gasteiger partial charge in [-0.15, -0.1) is 0 Å². The molecule has 0 spiro atoms. The summed E-state index contributed by atoms with van der Waals surface area (Å²) in [4.78, 5) is 60.7. The Labute approximate surface area is 609 Å². The number of aromatic nitrogens is 10.